The van der Waals surface area contributed by atoms with Crippen molar-refractivity contribution in [2.24, 2.45) is 0 Å². The summed E-state index contributed by atoms with van der Waals surface area (Å²) in [5.74, 6) is -0.0573. The van der Waals surface area contributed by atoms with Gasteiger partial charge in [-0.25, -0.2) is 9.97 Å². The fourth-order valence-corrected chi connectivity index (χ4v) is 1.44. The third kappa shape index (κ3) is 2.51. The molecule has 1 rings (SSSR count). The molecule has 0 spiro atoms. The maximum absolute atomic E-state index is 11.8. The Kier molecular flexibility index (Phi) is 4.00. The molecule has 0 aliphatic heterocycles. The Morgan fingerprint density at radius 2 is 2.14 bits per heavy atom. The second kappa shape index (κ2) is 5.05. The molecule has 4 nitrogen and oxygen atoms in total. The molecule has 0 saturated heterocycles. The molecule has 1 aromatic rings. The molecule has 0 N–H and O–H groups in total. The standard InChI is InChI=1S/C9H12BrN3O/c1-3-13(4-2)8(14)7-5-6-11-9(10)12-7/h5-6H,3-4H2,1-2H3. The van der Waals surface area contributed by atoms with E-state index in [1.165, 1.54) is 0 Å². The molecule has 76 valence electrons. The number of hydrogen-bond donors (Lipinski definition) is 0. The molecule has 0 aliphatic carbocycles. The topological polar surface area (TPSA) is 46.1 Å². The minimum absolute atomic E-state index is 0.0573. The van der Waals surface area contributed by atoms with E-state index < -0.39 is 0 Å². The predicted octanol–water partition coefficient (Wildman–Crippen LogP) is 1.72. The van der Waals surface area contributed by atoms with E-state index in [9.17, 15) is 4.79 Å². The van der Waals surface area contributed by atoms with Crippen LogP contribution in [-0.4, -0.2) is 33.9 Å². The van der Waals surface area contributed by atoms with E-state index >= 15 is 0 Å². The summed E-state index contributed by atoms with van der Waals surface area (Å²) in [5, 5.41) is 0. The van der Waals surface area contributed by atoms with Crippen LogP contribution >= 0.6 is 15.9 Å². The van der Waals surface area contributed by atoms with Gasteiger partial charge in [-0.2, -0.15) is 0 Å². The number of amides is 1. The van der Waals surface area contributed by atoms with E-state index in [1.807, 2.05) is 13.8 Å². The lowest BCUT2D eigenvalue weighted by Gasteiger charge is -2.17. The lowest BCUT2D eigenvalue weighted by molar-refractivity contribution is 0.0766. The van der Waals surface area contributed by atoms with Crippen molar-refractivity contribution in [2.45, 2.75) is 13.8 Å². The fourth-order valence-electron chi connectivity index (χ4n) is 1.13. The van der Waals surface area contributed by atoms with E-state index in [0.717, 1.165) is 0 Å². The van der Waals surface area contributed by atoms with Gasteiger partial charge < -0.3 is 4.90 Å². The van der Waals surface area contributed by atoms with Crippen molar-refractivity contribution < 1.29 is 4.79 Å². The van der Waals surface area contributed by atoms with Crippen molar-refractivity contribution in [1.29, 1.82) is 0 Å². The van der Waals surface area contributed by atoms with Crippen LogP contribution in [0.1, 0.15) is 24.3 Å². The zero-order valence-corrected chi connectivity index (χ0v) is 9.78. The van der Waals surface area contributed by atoms with Gasteiger partial charge in [0.15, 0.2) is 4.73 Å². The first kappa shape index (κ1) is 11.1. The summed E-state index contributed by atoms with van der Waals surface area (Å²) < 4.78 is 0.440. The Labute approximate surface area is 91.5 Å². The van der Waals surface area contributed by atoms with Gasteiger partial charge in [-0.05, 0) is 35.8 Å². The fraction of sp³-hybridized carbons (Fsp3) is 0.444. The summed E-state index contributed by atoms with van der Waals surface area (Å²) in [7, 11) is 0. The number of carbonyl (C=O) groups is 1. The molecule has 14 heavy (non-hydrogen) atoms. The SMILES string of the molecule is CCN(CC)C(=O)c1ccnc(Br)n1. The molecule has 1 heterocycles. The smallest absolute Gasteiger partial charge is 0.272 e. The third-order valence-electron chi connectivity index (χ3n) is 1.90. The average molecular weight is 258 g/mol. The molecule has 0 atom stereocenters. The maximum Gasteiger partial charge on any atom is 0.272 e. The lowest BCUT2D eigenvalue weighted by Crippen LogP contribution is -2.31. The summed E-state index contributed by atoms with van der Waals surface area (Å²) in [6.45, 7) is 5.27. The van der Waals surface area contributed by atoms with Gasteiger partial charge >= 0.3 is 0 Å². The van der Waals surface area contributed by atoms with E-state index in [1.54, 1.807) is 17.2 Å². The molecule has 1 amide bonds. The van der Waals surface area contributed by atoms with Crippen molar-refractivity contribution >= 4 is 21.8 Å². The highest BCUT2D eigenvalue weighted by Gasteiger charge is 2.13. The number of rotatable bonds is 3. The first-order valence-electron chi connectivity index (χ1n) is 4.46. The maximum atomic E-state index is 11.8. The molecule has 0 bridgehead atoms. The van der Waals surface area contributed by atoms with E-state index in [0.29, 0.717) is 23.5 Å². The first-order valence-corrected chi connectivity index (χ1v) is 5.26. The summed E-state index contributed by atoms with van der Waals surface area (Å²) in [5.41, 5.74) is 0.426. The second-order valence-corrected chi connectivity index (χ2v) is 3.40. The van der Waals surface area contributed by atoms with Gasteiger partial charge in [-0.3, -0.25) is 4.79 Å². The number of carbonyl (C=O) groups excluding carboxylic acids is 1. The van der Waals surface area contributed by atoms with Crippen LogP contribution in [0.4, 0.5) is 0 Å². The largest absolute Gasteiger partial charge is 0.338 e. The third-order valence-corrected chi connectivity index (χ3v) is 2.28. The summed E-state index contributed by atoms with van der Waals surface area (Å²) in [4.78, 5) is 21.4. The van der Waals surface area contributed by atoms with Crippen molar-refractivity contribution in [3.63, 3.8) is 0 Å². The van der Waals surface area contributed by atoms with Gasteiger partial charge in [0.05, 0.1) is 0 Å². The van der Waals surface area contributed by atoms with Crippen molar-refractivity contribution in [3.05, 3.63) is 22.7 Å². The van der Waals surface area contributed by atoms with Crippen molar-refractivity contribution in [3.8, 4) is 0 Å². The van der Waals surface area contributed by atoms with E-state index in [2.05, 4.69) is 25.9 Å². The van der Waals surface area contributed by atoms with Crippen molar-refractivity contribution in [1.82, 2.24) is 14.9 Å². The summed E-state index contributed by atoms with van der Waals surface area (Å²) in [6, 6.07) is 1.62. The molecule has 0 radical (unpaired) electrons. The van der Waals surface area contributed by atoms with Crippen LogP contribution in [0.3, 0.4) is 0 Å². The highest BCUT2D eigenvalue weighted by molar-refractivity contribution is 9.10. The molecule has 5 heteroatoms. The van der Waals surface area contributed by atoms with Gasteiger partial charge in [0, 0.05) is 19.3 Å². The first-order chi connectivity index (χ1) is 6.69. The summed E-state index contributed by atoms with van der Waals surface area (Å²) in [6.07, 6.45) is 1.56. The minimum atomic E-state index is -0.0573. The average Bonchev–Trinajstić information content (AvgIpc) is 2.19. The van der Waals surface area contributed by atoms with Gasteiger partial charge in [0.1, 0.15) is 5.69 Å². The van der Waals surface area contributed by atoms with Crippen molar-refractivity contribution in [2.75, 3.05) is 13.1 Å². The predicted molar refractivity (Wildman–Crippen MR) is 57.0 cm³/mol. The Balaban J connectivity index is 2.88. The van der Waals surface area contributed by atoms with Crippen LogP contribution in [0, 0.1) is 0 Å². The molecule has 0 unspecified atom stereocenters. The molecule has 0 aromatic carbocycles. The number of hydrogen-bond acceptors (Lipinski definition) is 3. The lowest BCUT2D eigenvalue weighted by atomic mass is 10.3. The zero-order valence-electron chi connectivity index (χ0n) is 8.20. The monoisotopic (exact) mass is 257 g/mol. The normalized spacial score (nSPS) is 9.93. The molecule has 1 aromatic heterocycles. The Morgan fingerprint density at radius 3 is 2.64 bits per heavy atom. The van der Waals surface area contributed by atoms with Gasteiger partial charge in [0.2, 0.25) is 0 Å². The van der Waals surface area contributed by atoms with E-state index in [-0.39, 0.29) is 5.91 Å². The van der Waals surface area contributed by atoms with E-state index in [4.69, 9.17) is 0 Å². The Hall–Kier alpha value is -0.970. The Morgan fingerprint density at radius 1 is 1.50 bits per heavy atom. The van der Waals surface area contributed by atoms with Crippen LogP contribution in [0.15, 0.2) is 17.0 Å². The molecule has 0 fully saturated rings. The highest BCUT2D eigenvalue weighted by atomic mass is 79.9. The molecular weight excluding hydrogens is 246 g/mol. The summed E-state index contributed by atoms with van der Waals surface area (Å²) >= 11 is 3.13. The number of nitrogens with zero attached hydrogens (tertiary/aromatic N) is 3. The highest BCUT2D eigenvalue weighted by Crippen LogP contribution is 2.05. The molecule has 0 saturated carbocycles. The minimum Gasteiger partial charge on any atom is -0.338 e. The zero-order chi connectivity index (χ0) is 10.6. The van der Waals surface area contributed by atoms with Gasteiger partial charge in [-0.15, -0.1) is 0 Å². The van der Waals surface area contributed by atoms with Gasteiger partial charge in [-0.1, -0.05) is 0 Å². The molecular formula is C9H12BrN3O. The quantitative estimate of drug-likeness (QED) is 0.775. The van der Waals surface area contributed by atoms with Gasteiger partial charge in [0.25, 0.3) is 5.91 Å². The van der Waals surface area contributed by atoms with Crippen LogP contribution < -0.4 is 0 Å². The van der Waals surface area contributed by atoms with Crippen LogP contribution in [0.25, 0.3) is 0 Å². The van der Waals surface area contributed by atoms with Crippen LogP contribution in [0.5, 0.6) is 0 Å². The number of aromatic nitrogens is 2. The second-order valence-electron chi connectivity index (χ2n) is 2.69. The molecule has 0 aliphatic rings. The number of halogens is 1. The Bertz CT molecular complexity index is 326. The van der Waals surface area contributed by atoms with Crippen LogP contribution in [0.2, 0.25) is 0 Å². The van der Waals surface area contributed by atoms with Crippen LogP contribution in [-0.2, 0) is 0 Å².